The molecule has 160 valence electrons. The van der Waals surface area contributed by atoms with Crippen molar-refractivity contribution in [2.24, 2.45) is 0 Å². The average Bonchev–Trinajstić information content (AvgIpc) is 3.11. The Morgan fingerprint density at radius 1 is 1.20 bits per heavy atom. The van der Waals surface area contributed by atoms with Crippen molar-refractivity contribution >= 4 is 20.0 Å². The molecule has 2 aromatic rings. The van der Waals surface area contributed by atoms with Crippen LogP contribution in [0, 0.1) is 5.82 Å². The zero-order chi connectivity index (χ0) is 21.9. The molecule has 0 radical (unpaired) electrons. The van der Waals surface area contributed by atoms with E-state index in [9.17, 15) is 14.0 Å². The van der Waals surface area contributed by atoms with Gasteiger partial charge in [-0.1, -0.05) is 43.4 Å². The highest BCUT2D eigenvalue weighted by Crippen LogP contribution is 2.28. The molecule has 0 spiro atoms. The lowest BCUT2D eigenvalue weighted by Gasteiger charge is -2.32. The third-order valence-electron chi connectivity index (χ3n) is 5.72. The van der Waals surface area contributed by atoms with Gasteiger partial charge in [0.15, 0.2) is 0 Å². The Morgan fingerprint density at radius 2 is 1.87 bits per heavy atom. The van der Waals surface area contributed by atoms with Crippen molar-refractivity contribution in [1.82, 2.24) is 10.2 Å². The fourth-order valence-corrected chi connectivity index (χ4v) is 6.29. The van der Waals surface area contributed by atoms with Gasteiger partial charge >= 0.3 is 5.97 Å². The van der Waals surface area contributed by atoms with Gasteiger partial charge in [0.25, 0.3) is 0 Å². The van der Waals surface area contributed by atoms with Gasteiger partial charge in [0, 0.05) is 12.1 Å². The number of benzene rings is 2. The molecule has 0 bridgehead atoms. The fourth-order valence-electron chi connectivity index (χ4n) is 3.92. The summed E-state index contributed by atoms with van der Waals surface area (Å²) < 4.78 is 19.2. The van der Waals surface area contributed by atoms with E-state index < -0.39 is 20.1 Å². The van der Waals surface area contributed by atoms with Crippen LogP contribution in [0.1, 0.15) is 34.5 Å². The van der Waals surface area contributed by atoms with E-state index in [1.165, 1.54) is 13.2 Å². The number of nitrogens with one attached hydrogen (secondary N) is 1. The van der Waals surface area contributed by atoms with Gasteiger partial charge in [-0.25, -0.2) is 9.18 Å². The molecule has 2 unspecified atom stereocenters. The zero-order valence-electron chi connectivity index (χ0n) is 17.9. The van der Waals surface area contributed by atoms with E-state index in [1.807, 2.05) is 6.92 Å². The molecule has 1 fully saturated rings. The third-order valence-corrected chi connectivity index (χ3v) is 8.39. The molecule has 1 amide bonds. The second-order valence-electron chi connectivity index (χ2n) is 8.65. The minimum Gasteiger partial charge on any atom is -0.465 e. The Bertz CT molecular complexity index is 917. The standard InChI is InChI=1S/C23H29FN2O3Si/c1-16(19-7-5-6-8-20(19)24)26(22(27)21-14-30(3,4)15-25-21)13-17-9-11-18(12-10-17)23(28)29-2/h5-12,16,21,25H,13-15H2,1-4H3. The highest BCUT2D eigenvalue weighted by molar-refractivity contribution is 6.78. The first-order valence-electron chi connectivity index (χ1n) is 10.2. The zero-order valence-corrected chi connectivity index (χ0v) is 18.9. The van der Waals surface area contributed by atoms with Gasteiger partial charge in [0.1, 0.15) is 5.82 Å². The number of esters is 1. The van der Waals surface area contributed by atoms with Gasteiger partial charge in [-0.15, -0.1) is 0 Å². The molecule has 1 aliphatic rings. The van der Waals surface area contributed by atoms with Gasteiger partial charge < -0.3 is 15.0 Å². The van der Waals surface area contributed by atoms with Crippen molar-refractivity contribution < 1.29 is 18.7 Å². The molecule has 0 aliphatic carbocycles. The van der Waals surface area contributed by atoms with E-state index in [0.29, 0.717) is 17.7 Å². The lowest BCUT2D eigenvalue weighted by molar-refractivity contribution is -0.135. The first-order chi connectivity index (χ1) is 14.2. The maximum absolute atomic E-state index is 14.5. The third kappa shape index (κ3) is 4.96. The van der Waals surface area contributed by atoms with E-state index in [-0.39, 0.29) is 17.8 Å². The Balaban J connectivity index is 1.88. The summed E-state index contributed by atoms with van der Waals surface area (Å²) >= 11 is 0. The Kier molecular flexibility index (Phi) is 6.73. The molecular weight excluding hydrogens is 399 g/mol. The summed E-state index contributed by atoms with van der Waals surface area (Å²) in [6.07, 6.45) is 0.902. The molecule has 2 atom stereocenters. The summed E-state index contributed by atoms with van der Waals surface area (Å²) in [5.74, 6) is -0.740. The van der Waals surface area contributed by atoms with Crippen LogP contribution in [0.2, 0.25) is 19.1 Å². The first kappa shape index (κ1) is 22.2. The first-order valence-corrected chi connectivity index (χ1v) is 13.6. The predicted molar refractivity (Wildman–Crippen MR) is 117 cm³/mol. The van der Waals surface area contributed by atoms with E-state index in [0.717, 1.165) is 17.8 Å². The number of hydrogen-bond donors (Lipinski definition) is 1. The molecule has 1 aliphatic heterocycles. The number of methoxy groups -OCH3 is 1. The molecule has 1 heterocycles. The van der Waals surface area contributed by atoms with Crippen molar-refractivity contribution in [3.8, 4) is 0 Å². The van der Waals surface area contributed by atoms with Gasteiger partial charge in [-0.2, -0.15) is 0 Å². The molecule has 1 N–H and O–H groups in total. The molecule has 7 heteroatoms. The van der Waals surface area contributed by atoms with Crippen molar-refractivity contribution in [2.75, 3.05) is 13.3 Å². The van der Waals surface area contributed by atoms with Crippen LogP contribution < -0.4 is 5.32 Å². The number of nitrogens with zero attached hydrogens (tertiary/aromatic N) is 1. The summed E-state index contributed by atoms with van der Waals surface area (Å²) in [6.45, 7) is 6.72. The average molecular weight is 429 g/mol. The Hall–Kier alpha value is -2.51. The molecular formula is C23H29FN2O3Si. The van der Waals surface area contributed by atoms with Crippen molar-refractivity contribution in [2.45, 2.75) is 44.7 Å². The Morgan fingerprint density at radius 3 is 2.43 bits per heavy atom. The summed E-state index contributed by atoms with van der Waals surface area (Å²) in [5, 5.41) is 3.38. The summed E-state index contributed by atoms with van der Waals surface area (Å²) in [6, 6.07) is 13.8. The second kappa shape index (κ2) is 9.10. The summed E-state index contributed by atoms with van der Waals surface area (Å²) in [7, 11) is -0.0978. The number of halogens is 1. The highest BCUT2D eigenvalue weighted by Gasteiger charge is 2.39. The van der Waals surface area contributed by atoms with Crippen LogP contribution >= 0.6 is 0 Å². The maximum atomic E-state index is 14.5. The minimum atomic E-state index is -1.44. The highest BCUT2D eigenvalue weighted by atomic mass is 28.3. The molecule has 30 heavy (non-hydrogen) atoms. The lowest BCUT2D eigenvalue weighted by Crippen LogP contribution is -2.44. The van der Waals surface area contributed by atoms with Crippen LogP contribution in [0.15, 0.2) is 48.5 Å². The number of carbonyl (C=O) groups excluding carboxylic acids is 2. The van der Waals surface area contributed by atoms with Crippen LogP contribution in [0.25, 0.3) is 0 Å². The predicted octanol–water partition coefficient (Wildman–Crippen LogP) is 3.92. The minimum absolute atomic E-state index is 0.0131. The van der Waals surface area contributed by atoms with E-state index >= 15 is 0 Å². The van der Waals surface area contributed by atoms with Crippen molar-refractivity contribution in [3.63, 3.8) is 0 Å². The number of hydrogen-bond acceptors (Lipinski definition) is 4. The fraction of sp³-hybridized carbons (Fsp3) is 0.391. The van der Waals surface area contributed by atoms with Crippen molar-refractivity contribution in [3.05, 3.63) is 71.0 Å². The van der Waals surface area contributed by atoms with Gasteiger partial charge in [0.05, 0.1) is 32.8 Å². The van der Waals surface area contributed by atoms with Crippen LogP contribution in [-0.2, 0) is 16.1 Å². The second-order valence-corrected chi connectivity index (χ2v) is 13.7. The number of ether oxygens (including phenoxy) is 1. The largest absolute Gasteiger partial charge is 0.465 e. The normalized spacial score (nSPS) is 18.6. The van der Waals surface area contributed by atoms with Crippen LogP contribution in [0.3, 0.4) is 0 Å². The molecule has 3 rings (SSSR count). The van der Waals surface area contributed by atoms with Crippen molar-refractivity contribution in [1.29, 1.82) is 0 Å². The maximum Gasteiger partial charge on any atom is 0.337 e. The number of amides is 1. The van der Waals surface area contributed by atoms with E-state index in [2.05, 4.69) is 18.4 Å². The van der Waals surface area contributed by atoms with Crippen LogP contribution in [-0.4, -0.2) is 44.2 Å². The monoisotopic (exact) mass is 428 g/mol. The summed E-state index contributed by atoms with van der Waals surface area (Å²) in [5.41, 5.74) is 1.81. The molecule has 5 nitrogen and oxygen atoms in total. The topological polar surface area (TPSA) is 58.6 Å². The molecule has 0 saturated carbocycles. The van der Waals surface area contributed by atoms with Gasteiger partial charge in [-0.3, -0.25) is 4.79 Å². The number of rotatable bonds is 6. The summed E-state index contributed by atoms with van der Waals surface area (Å²) in [4.78, 5) is 26.9. The lowest BCUT2D eigenvalue weighted by atomic mass is 10.0. The van der Waals surface area contributed by atoms with Crippen LogP contribution in [0.4, 0.5) is 4.39 Å². The van der Waals surface area contributed by atoms with Gasteiger partial charge in [0.2, 0.25) is 5.91 Å². The van der Waals surface area contributed by atoms with E-state index in [1.54, 1.807) is 47.4 Å². The van der Waals surface area contributed by atoms with E-state index in [4.69, 9.17) is 4.74 Å². The molecule has 2 aromatic carbocycles. The molecule has 0 aromatic heterocycles. The van der Waals surface area contributed by atoms with Gasteiger partial charge in [-0.05, 0) is 42.9 Å². The number of carbonyl (C=O) groups is 2. The quantitative estimate of drug-likeness (QED) is 0.560. The Labute approximate surface area is 178 Å². The van der Waals surface area contributed by atoms with Crippen LogP contribution in [0.5, 0.6) is 0 Å². The molecule has 1 saturated heterocycles. The SMILES string of the molecule is COC(=O)c1ccc(CN(C(=O)C2C[Si](C)(C)CN2)C(C)c2ccccc2F)cc1. The smallest absolute Gasteiger partial charge is 0.337 e.